The second-order valence-corrected chi connectivity index (χ2v) is 5.33. The number of hydrogen-bond acceptors (Lipinski definition) is 2. The largest absolute Gasteiger partial charge is 0.324 e. The van der Waals surface area contributed by atoms with E-state index in [2.05, 4.69) is 36.8 Å². The highest BCUT2D eigenvalue weighted by Gasteiger charge is 2.25. The average Bonchev–Trinajstić information content (AvgIpc) is 2.93. The van der Waals surface area contributed by atoms with Gasteiger partial charge in [-0.1, -0.05) is 12.8 Å². The molecule has 0 aliphatic heterocycles. The second kappa shape index (κ2) is 4.29. The van der Waals surface area contributed by atoms with E-state index in [1.54, 1.807) is 6.20 Å². The molecule has 1 heterocycles. The molecule has 2 N–H and O–H groups in total. The van der Waals surface area contributed by atoms with Gasteiger partial charge in [0.05, 0.1) is 4.47 Å². The molecule has 1 aliphatic carbocycles. The molecule has 0 radical (unpaired) electrons. The topological polar surface area (TPSA) is 38.9 Å². The van der Waals surface area contributed by atoms with Crippen LogP contribution in [0, 0.1) is 5.92 Å². The maximum absolute atomic E-state index is 6.13. The fourth-order valence-corrected chi connectivity index (χ4v) is 2.43. The summed E-state index contributed by atoms with van der Waals surface area (Å²) in [5.41, 5.74) is 7.28. The summed E-state index contributed by atoms with van der Waals surface area (Å²) in [5, 5.41) is 0. The summed E-state index contributed by atoms with van der Waals surface area (Å²) < 4.78 is 1.83. The van der Waals surface area contributed by atoms with Crippen molar-refractivity contribution in [2.75, 3.05) is 0 Å². The van der Waals surface area contributed by atoms with Crippen molar-refractivity contribution < 1.29 is 0 Å². The van der Waals surface area contributed by atoms with Gasteiger partial charge in [-0.3, -0.25) is 0 Å². The Labute approximate surface area is 101 Å². The van der Waals surface area contributed by atoms with Gasteiger partial charge in [0.1, 0.15) is 4.60 Å². The monoisotopic (exact) mass is 318 g/mol. The van der Waals surface area contributed by atoms with Gasteiger partial charge in [0.25, 0.3) is 0 Å². The normalized spacial score (nSPS) is 18.2. The van der Waals surface area contributed by atoms with Crippen molar-refractivity contribution in [1.82, 2.24) is 4.98 Å². The summed E-state index contributed by atoms with van der Waals surface area (Å²) in [5.74, 6) is 0.851. The van der Waals surface area contributed by atoms with Gasteiger partial charge in [-0.2, -0.15) is 0 Å². The van der Waals surface area contributed by atoms with Gasteiger partial charge >= 0.3 is 0 Å². The van der Waals surface area contributed by atoms with E-state index < -0.39 is 0 Å². The zero-order chi connectivity index (χ0) is 10.1. The van der Waals surface area contributed by atoms with Gasteiger partial charge in [0.15, 0.2) is 0 Å². The van der Waals surface area contributed by atoms with Gasteiger partial charge < -0.3 is 5.73 Å². The third kappa shape index (κ3) is 2.35. The molecule has 1 saturated carbocycles. The number of rotatable bonds is 3. The summed E-state index contributed by atoms with van der Waals surface area (Å²) in [4.78, 5) is 4.13. The molecule has 1 aliphatic rings. The van der Waals surface area contributed by atoms with E-state index in [1.807, 2.05) is 6.07 Å². The van der Waals surface area contributed by atoms with Crippen LogP contribution in [0.4, 0.5) is 0 Å². The molecule has 1 aromatic rings. The first-order valence-corrected chi connectivity index (χ1v) is 6.32. The van der Waals surface area contributed by atoms with E-state index in [-0.39, 0.29) is 6.04 Å². The first-order valence-electron chi connectivity index (χ1n) is 4.74. The van der Waals surface area contributed by atoms with Gasteiger partial charge in [-0.15, -0.1) is 0 Å². The number of nitrogens with two attached hydrogens (primary N) is 1. The Morgan fingerprint density at radius 1 is 1.50 bits per heavy atom. The first-order chi connectivity index (χ1) is 6.68. The van der Waals surface area contributed by atoms with Crippen LogP contribution < -0.4 is 5.73 Å². The second-order valence-electron chi connectivity index (χ2n) is 3.79. The Hall–Kier alpha value is 0.0700. The van der Waals surface area contributed by atoms with Crippen LogP contribution >= 0.6 is 31.9 Å². The average molecular weight is 320 g/mol. The Morgan fingerprint density at radius 2 is 2.21 bits per heavy atom. The minimum absolute atomic E-state index is 0.135. The molecule has 0 unspecified atom stereocenters. The molecule has 2 nitrogen and oxygen atoms in total. The molecule has 2 rings (SSSR count). The summed E-state index contributed by atoms with van der Waals surface area (Å²) in [7, 11) is 0. The van der Waals surface area contributed by atoms with Gasteiger partial charge in [0.2, 0.25) is 0 Å². The standard InChI is InChI=1S/C10H12Br2N2/c11-9-7(3-4-14-10(9)12)8(13)5-6-1-2-6/h3-4,6,8H,1-2,5,13H2/t8-/m1/s1. The fraction of sp³-hybridized carbons (Fsp3) is 0.500. The van der Waals surface area contributed by atoms with Crippen LogP contribution in [-0.2, 0) is 0 Å². The maximum Gasteiger partial charge on any atom is 0.120 e. The first kappa shape index (κ1) is 10.6. The summed E-state index contributed by atoms with van der Waals surface area (Å²) in [6.45, 7) is 0. The predicted octanol–water partition coefficient (Wildman–Crippen LogP) is 3.41. The van der Waals surface area contributed by atoms with Crippen molar-refractivity contribution in [3.8, 4) is 0 Å². The molecule has 14 heavy (non-hydrogen) atoms. The van der Waals surface area contributed by atoms with Crippen molar-refractivity contribution in [3.05, 3.63) is 26.9 Å². The van der Waals surface area contributed by atoms with Crippen LogP contribution in [0.5, 0.6) is 0 Å². The van der Waals surface area contributed by atoms with Crippen molar-refractivity contribution in [3.63, 3.8) is 0 Å². The third-order valence-electron chi connectivity index (χ3n) is 2.56. The SMILES string of the molecule is N[C@H](CC1CC1)c1ccnc(Br)c1Br. The lowest BCUT2D eigenvalue weighted by Gasteiger charge is -2.13. The van der Waals surface area contributed by atoms with Crippen molar-refractivity contribution in [1.29, 1.82) is 0 Å². The molecule has 0 aromatic carbocycles. The summed E-state index contributed by atoms with van der Waals surface area (Å²) >= 11 is 6.88. The van der Waals surface area contributed by atoms with E-state index in [0.717, 1.165) is 27.0 Å². The molecule has 76 valence electrons. The summed E-state index contributed by atoms with van der Waals surface area (Å²) in [6, 6.07) is 2.12. The minimum atomic E-state index is 0.135. The molecule has 1 atom stereocenters. The van der Waals surface area contributed by atoms with Crippen LogP contribution in [0.2, 0.25) is 0 Å². The molecular weight excluding hydrogens is 308 g/mol. The van der Waals surface area contributed by atoms with Crippen molar-refractivity contribution in [2.24, 2.45) is 11.7 Å². The van der Waals surface area contributed by atoms with E-state index in [9.17, 15) is 0 Å². The fourth-order valence-electron chi connectivity index (χ4n) is 1.56. The minimum Gasteiger partial charge on any atom is -0.324 e. The predicted molar refractivity (Wildman–Crippen MR) is 63.9 cm³/mol. The van der Waals surface area contributed by atoms with E-state index in [1.165, 1.54) is 12.8 Å². The van der Waals surface area contributed by atoms with Gasteiger partial charge in [0, 0.05) is 12.2 Å². The number of nitrogens with zero attached hydrogens (tertiary/aromatic N) is 1. The number of hydrogen-bond donors (Lipinski definition) is 1. The zero-order valence-electron chi connectivity index (χ0n) is 7.71. The third-order valence-corrected chi connectivity index (χ3v) is 4.53. The smallest absolute Gasteiger partial charge is 0.120 e. The highest BCUT2D eigenvalue weighted by atomic mass is 79.9. The van der Waals surface area contributed by atoms with Crippen molar-refractivity contribution >= 4 is 31.9 Å². The van der Waals surface area contributed by atoms with Crippen LogP contribution in [0.1, 0.15) is 30.9 Å². The van der Waals surface area contributed by atoms with E-state index in [4.69, 9.17) is 5.73 Å². The lowest BCUT2D eigenvalue weighted by Crippen LogP contribution is -2.12. The number of halogens is 2. The molecule has 4 heteroatoms. The quantitative estimate of drug-likeness (QED) is 0.867. The van der Waals surface area contributed by atoms with Crippen LogP contribution in [0.3, 0.4) is 0 Å². The highest BCUT2D eigenvalue weighted by Crippen LogP contribution is 2.38. The summed E-state index contributed by atoms with van der Waals surface area (Å²) in [6.07, 6.45) is 5.57. The molecule has 0 bridgehead atoms. The Balaban J connectivity index is 2.16. The van der Waals surface area contributed by atoms with Crippen LogP contribution in [0.25, 0.3) is 0 Å². The molecule has 0 amide bonds. The van der Waals surface area contributed by atoms with Crippen LogP contribution in [-0.4, -0.2) is 4.98 Å². The zero-order valence-corrected chi connectivity index (χ0v) is 10.9. The Kier molecular flexibility index (Phi) is 3.24. The van der Waals surface area contributed by atoms with E-state index >= 15 is 0 Å². The molecule has 1 fully saturated rings. The lowest BCUT2D eigenvalue weighted by atomic mass is 10.0. The van der Waals surface area contributed by atoms with Gasteiger partial charge in [-0.25, -0.2) is 4.98 Å². The highest BCUT2D eigenvalue weighted by molar-refractivity contribution is 9.13. The molecule has 1 aromatic heterocycles. The van der Waals surface area contributed by atoms with E-state index in [0.29, 0.717) is 0 Å². The molecule has 0 spiro atoms. The van der Waals surface area contributed by atoms with Gasteiger partial charge in [-0.05, 0) is 55.8 Å². The molecule has 0 saturated heterocycles. The lowest BCUT2D eigenvalue weighted by molar-refractivity contribution is 0.594. The Bertz CT molecular complexity index is 337. The maximum atomic E-state index is 6.13. The Morgan fingerprint density at radius 3 is 2.86 bits per heavy atom. The van der Waals surface area contributed by atoms with Crippen LogP contribution in [0.15, 0.2) is 21.3 Å². The van der Waals surface area contributed by atoms with Crippen molar-refractivity contribution in [2.45, 2.75) is 25.3 Å². The number of pyridine rings is 1. The number of aromatic nitrogens is 1. The molecular formula is C10H12Br2N2.